The van der Waals surface area contributed by atoms with E-state index in [1.165, 1.54) is 0 Å². The molecule has 0 bridgehead atoms. The van der Waals surface area contributed by atoms with E-state index in [9.17, 15) is 14.4 Å². The topological polar surface area (TPSA) is 115 Å². The Hall–Kier alpha value is -2.81. The predicted octanol–water partition coefficient (Wildman–Crippen LogP) is 1.69. The van der Waals surface area contributed by atoms with Gasteiger partial charge in [-0.3, -0.25) is 9.59 Å². The molecule has 1 aromatic carbocycles. The lowest BCUT2D eigenvalue weighted by Gasteiger charge is -2.20. The van der Waals surface area contributed by atoms with E-state index in [1.54, 1.807) is 6.92 Å². The van der Waals surface area contributed by atoms with Gasteiger partial charge in [0, 0.05) is 12.8 Å². The van der Waals surface area contributed by atoms with Crippen molar-refractivity contribution in [1.82, 2.24) is 10.6 Å². The zero-order valence-electron chi connectivity index (χ0n) is 15.4. The summed E-state index contributed by atoms with van der Waals surface area (Å²) < 4.78 is 9.90. The predicted molar refractivity (Wildman–Crippen MR) is 101 cm³/mol. The number of nitrogens with one attached hydrogen (secondary N) is 2. The van der Waals surface area contributed by atoms with Crippen LogP contribution in [0.4, 0.5) is 4.79 Å². The summed E-state index contributed by atoms with van der Waals surface area (Å²) in [5, 5.41) is 8.80. The van der Waals surface area contributed by atoms with E-state index in [2.05, 4.69) is 15.8 Å². The van der Waals surface area contributed by atoms with Crippen molar-refractivity contribution in [2.75, 3.05) is 13.2 Å². The summed E-state index contributed by atoms with van der Waals surface area (Å²) in [5.74, 6) is -1.15. The van der Waals surface area contributed by atoms with Crippen LogP contribution in [-0.4, -0.2) is 48.4 Å². The molecule has 1 heterocycles. The molecule has 0 radical (unpaired) electrons. The van der Waals surface area contributed by atoms with Crippen molar-refractivity contribution in [1.29, 1.82) is 0 Å². The minimum atomic E-state index is -1.000. The molecule has 152 valence electrons. The van der Waals surface area contributed by atoms with Crippen LogP contribution in [0.15, 0.2) is 35.5 Å². The molecule has 0 fully saturated rings. The Morgan fingerprint density at radius 3 is 2.68 bits per heavy atom. The molecule has 0 aliphatic carbocycles. The quantitative estimate of drug-likeness (QED) is 0.597. The van der Waals surface area contributed by atoms with Crippen LogP contribution in [0, 0.1) is 0 Å². The van der Waals surface area contributed by atoms with E-state index in [0.29, 0.717) is 6.42 Å². The molecular formula is C18H22ClN3O6. The number of hydrogen-bond acceptors (Lipinski definition) is 7. The number of benzene rings is 1. The average Bonchev–Trinajstić information content (AvgIpc) is 3.10. The summed E-state index contributed by atoms with van der Waals surface area (Å²) in [6, 6.07) is 8.11. The molecule has 1 aromatic rings. The van der Waals surface area contributed by atoms with Gasteiger partial charge >= 0.3 is 12.1 Å². The van der Waals surface area contributed by atoms with Gasteiger partial charge in [0.1, 0.15) is 30.5 Å². The Morgan fingerprint density at radius 1 is 1.29 bits per heavy atom. The van der Waals surface area contributed by atoms with Crippen LogP contribution in [-0.2, 0) is 30.5 Å². The first kappa shape index (κ1) is 21.5. The van der Waals surface area contributed by atoms with Crippen molar-refractivity contribution in [2.24, 2.45) is 5.16 Å². The Balaban J connectivity index is 1.89. The van der Waals surface area contributed by atoms with E-state index in [4.69, 9.17) is 25.9 Å². The molecule has 2 N–H and O–H groups in total. The van der Waals surface area contributed by atoms with E-state index in [1.807, 2.05) is 30.3 Å². The monoisotopic (exact) mass is 411 g/mol. The Labute approximate surface area is 167 Å². The Kier molecular flexibility index (Phi) is 8.54. The highest BCUT2D eigenvalue weighted by Gasteiger charge is 2.30. The number of rotatable bonds is 9. The van der Waals surface area contributed by atoms with Crippen LogP contribution < -0.4 is 10.6 Å². The average molecular weight is 412 g/mol. The zero-order valence-corrected chi connectivity index (χ0v) is 16.1. The number of amides is 2. The van der Waals surface area contributed by atoms with Crippen LogP contribution in [0.25, 0.3) is 0 Å². The van der Waals surface area contributed by atoms with Gasteiger partial charge in [-0.25, -0.2) is 4.79 Å². The van der Waals surface area contributed by atoms with Gasteiger partial charge in [-0.05, 0) is 12.5 Å². The second-order valence-electron chi connectivity index (χ2n) is 5.92. The third-order valence-corrected chi connectivity index (χ3v) is 3.95. The van der Waals surface area contributed by atoms with Gasteiger partial charge in [0.15, 0.2) is 0 Å². The summed E-state index contributed by atoms with van der Waals surface area (Å²) in [5.41, 5.74) is 0.806. The van der Waals surface area contributed by atoms with Crippen molar-refractivity contribution in [3.63, 3.8) is 0 Å². The molecule has 2 amide bonds. The minimum absolute atomic E-state index is 0.0543. The fourth-order valence-corrected chi connectivity index (χ4v) is 2.63. The third kappa shape index (κ3) is 7.43. The van der Waals surface area contributed by atoms with Gasteiger partial charge in [0.05, 0.1) is 6.61 Å². The lowest BCUT2D eigenvalue weighted by molar-refractivity contribution is -0.143. The molecule has 2 rings (SSSR count). The van der Waals surface area contributed by atoms with Crippen molar-refractivity contribution < 1.29 is 28.7 Å². The highest BCUT2D eigenvalue weighted by molar-refractivity contribution is 6.65. The Bertz CT molecular complexity index is 713. The lowest BCUT2D eigenvalue weighted by atomic mass is 10.1. The SMILES string of the molecule is CCOC(=O)CNC(=O)[C@H](CC1CC(Cl)=NO1)NC(=O)OCc1ccccc1. The normalized spacial score (nSPS) is 16.4. The van der Waals surface area contributed by atoms with Crippen LogP contribution in [0.3, 0.4) is 0 Å². The summed E-state index contributed by atoms with van der Waals surface area (Å²) in [7, 11) is 0. The number of nitrogens with zero attached hydrogens (tertiary/aromatic N) is 1. The summed E-state index contributed by atoms with van der Waals surface area (Å²) in [4.78, 5) is 41.1. The van der Waals surface area contributed by atoms with Gasteiger partial charge < -0.3 is 24.9 Å². The first-order chi connectivity index (χ1) is 13.5. The minimum Gasteiger partial charge on any atom is -0.465 e. The molecule has 1 aliphatic rings. The number of carbonyl (C=O) groups excluding carboxylic acids is 3. The number of oxime groups is 1. The second-order valence-corrected chi connectivity index (χ2v) is 6.35. The number of ether oxygens (including phenoxy) is 2. The van der Waals surface area contributed by atoms with E-state index in [-0.39, 0.29) is 31.4 Å². The molecule has 28 heavy (non-hydrogen) atoms. The molecule has 10 heteroatoms. The Morgan fingerprint density at radius 2 is 2.04 bits per heavy atom. The van der Waals surface area contributed by atoms with Crippen LogP contribution in [0.5, 0.6) is 0 Å². The van der Waals surface area contributed by atoms with Gasteiger partial charge in [0.25, 0.3) is 0 Å². The molecule has 1 aliphatic heterocycles. The molecular weight excluding hydrogens is 390 g/mol. The first-order valence-electron chi connectivity index (χ1n) is 8.76. The second kappa shape index (κ2) is 11.1. The molecule has 0 spiro atoms. The number of alkyl carbamates (subject to hydrolysis) is 1. The summed E-state index contributed by atoms with van der Waals surface area (Å²) >= 11 is 5.78. The molecule has 9 nitrogen and oxygen atoms in total. The molecule has 2 atom stereocenters. The van der Waals surface area contributed by atoms with Gasteiger partial charge in [0.2, 0.25) is 5.91 Å². The van der Waals surface area contributed by atoms with Crippen molar-refractivity contribution in [3.05, 3.63) is 35.9 Å². The maximum atomic E-state index is 12.4. The number of hydrogen-bond donors (Lipinski definition) is 2. The van der Waals surface area contributed by atoms with Crippen molar-refractivity contribution in [2.45, 2.75) is 38.5 Å². The third-order valence-electron chi connectivity index (χ3n) is 3.73. The molecule has 0 aromatic heterocycles. The zero-order chi connectivity index (χ0) is 20.4. The van der Waals surface area contributed by atoms with Crippen molar-refractivity contribution in [3.8, 4) is 0 Å². The van der Waals surface area contributed by atoms with Gasteiger partial charge in [-0.15, -0.1) is 0 Å². The standard InChI is InChI=1S/C18H22ClN3O6/c1-2-26-16(23)10-20-17(24)14(8-13-9-15(19)22-28-13)21-18(25)27-11-12-6-4-3-5-7-12/h3-7,13-14H,2,8-11H2,1H3,(H,20,24)(H,21,25)/t13?,14-/m0/s1. The first-order valence-corrected chi connectivity index (χ1v) is 9.14. The molecule has 0 saturated heterocycles. The highest BCUT2D eigenvalue weighted by Crippen LogP contribution is 2.18. The number of halogens is 1. The van der Waals surface area contributed by atoms with E-state index in [0.717, 1.165) is 5.56 Å². The number of esters is 1. The van der Waals surface area contributed by atoms with Crippen LogP contribution in [0.2, 0.25) is 0 Å². The largest absolute Gasteiger partial charge is 0.465 e. The maximum absolute atomic E-state index is 12.4. The van der Waals surface area contributed by atoms with Gasteiger partial charge in [-0.1, -0.05) is 47.1 Å². The van der Waals surface area contributed by atoms with Crippen LogP contribution in [0.1, 0.15) is 25.3 Å². The smallest absolute Gasteiger partial charge is 0.408 e. The maximum Gasteiger partial charge on any atom is 0.408 e. The molecule has 1 unspecified atom stereocenters. The van der Waals surface area contributed by atoms with E-state index < -0.39 is 30.1 Å². The fraction of sp³-hybridized carbons (Fsp3) is 0.444. The van der Waals surface area contributed by atoms with Crippen molar-refractivity contribution >= 4 is 34.7 Å². The van der Waals surface area contributed by atoms with E-state index >= 15 is 0 Å². The highest BCUT2D eigenvalue weighted by atomic mass is 35.5. The summed E-state index contributed by atoms with van der Waals surface area (Å²) in [6.45, 7) is 1.60. The fourth-order valence-electron chi connectivity index (χ4n) is 2.42. The van der Waals surface area contributed by atoms with Gasteiger partial charge in [-0.2, -0.15) is 0 Å². The van der Waals surface area contributed by atoms with Crippen LogP contribution >= 0.6 is 11.6 Å². The lowest BCUT2D eigenvalue weighted by Crippen LogP contribution is -2.49. The molecule has 0 saturated carbocycles. The number of carbonyl (C=O) groups is 3. The summed E-state index contributed by atoms with van der Waals surface area (Å²) in [6.07, 6.45) is -0.816.